The summed E-state index contributed by atoms with van der Waals surface area (Å²) in [5, 5.41) is 7.48. The van der Waals surface area contributed by atoms with E-state index in [1.807, 2.05) is 26.2 Å². The molecule has 1 aromatic rings. The van der Waals surface area contributed by atoms with Crippen molar-refractivity contribution in [3.8, 4) is 0 Å². The minimum atomic E-state index is 0.559. The van der Waals surface area contributed by atoms with Crippen LogP contribution in [-0.2, 0) is 7.05 Å². The Kier molecular flexibility index (Phi) is 1.94. The average Bonchev–Trinajstić information content (AvgIpc) is 1.82. The first-order chi connectivity index (χ1) is 4.61. The van der Waals surface area contributed by atoms with Crippen LogP contribution in [0, 0.1) is 12.3 Å². The van der Waals surface area contributed by atoms with Gasteiger partial charge in [0.2, 0.25) is 0 Å². The molecule has 1 rings (SSSR count). The lowest BCUT2D eigenvalue weighted by Crippen LogP contribution is -2.18. The number of nitrogens with zero attached hydrogens (tertiary/aromatic N) is 1. The lowest BCUT2D eigenvalue weighted by molar-refractivity contribution is 0.800. The highest BCUT2D eigenvalue weighted by molar-refractivity contribution is 9.10. The Morgan fingerprint density at radius 2 is 2.20 bits per heavy atom. The summed E-state index contributed by atoms with van der Waals surface area (Å²) in [6.07, 6.45) is 1.87. The summed E-state index contributed by atoms with van der Waals surface area (Å²) >= 11 is 3.34. The standard InChI is InChI=1S/C7H9BrN2/c1-5-3-6(8)4-10(2)7(5)9/h3-4,9H,1-2H3. The molecule has 0 aliphatic rings. The highest BCUT2D eigenvalue weighted by Gasteiger charge is 1.92. The molecule has 0 amide bonds. The molecule has 0 bridgehead atoms. The molecule has 0 unspecified atom stereocenters. The number of halogens is 1. The molecule has 0 aliphatic heterocycles. The molecule has 1 N–H and O–H groups in total. The van der Waals surface area contributed by atoms with E-state index in [0.29, 0.717) is 5.49 Å². The molecule has 0 saturated heterocycles. The zero-order valence-corrected chi connectivity index (χ0v) is 7.57. The lowest BCUT2D eigenvalue weighted by Gasteiger charge is -2.01. The Morgan fingerprint density at radius 1 is 1.60 bits per heavy atom. The second-order valence-corrected chi connectivity index (χ2v) is 3.22. The van der Waals surface area contributed by atoms with Crippen LogP contribution in [0.15, 0.2) is 16.7 Å². The topological polar surface area (TPSA) is 28.8 Å². The van der Waals surface area contributed by atoms with Gasteiger partial charge in [-0.25, -0.2) is 0 Å². The predicted molar refractivity (Wildman–Crippen MR) is 43.7 cm³/mol. The molecule has 0 fully saturated rings. The van der Waals surface area contributed by atoms with E-state index in [1.54, 1.807) is 4.57 Å². The number of aryl methyl sites for hydroxylation is 2. The molecule has 0 spiro atoms. The molecule has 2 nitrogen and oxygen atoms in total. The summed E-state index contributed by atoms with van der Waals surface area (Å²) in [6.45, 7) is 1.92. The molecule has 0 saturated carbocycles. The predicted octanol–water partition coefficient (Wildman–Crippen LogP) is 1.58. The highest BCUT2D eigenvalue weighted by Crippen LogP contribution is 2.06. The zero-order chi connectivity index (χ0) is 7.72. The Hall–Kier alpha value is -0.570. The van der Waals surface area contributed by atoms with E-state index < -0.39 is 0 Å². The van der Waals surface area contributed by atoms with E-state index in [0.717, 1.165) is 10.0 Å². The summed E-state index contributed by atoms with van der Waals surface area (Å²) in [5.41, 5.74) is 1.54. The molecule has 0 radical (unpaired) electrons. The van der Waals surface area contributed by atoms with E-state index in [-0.39, 0.29) is 0 Å². The number of hydrogen-bond acceptors (Lipinski definition) is 1. The lowest BCUT2D eigenvalue weighted by atomic mass is 10.3. The van der Waals surface area contributed by atoms with Crippen LogP contribution >= 0.6 is 15.9 Å². The van der Waals surface area contributed by atoms with E-state index in [9.17, 15) is 0 Å². The summed E-state index contributed by atoms with van der Waals surface area (Å²) < 4.78 is 2.79. The molecule has 54 valence electrons. The molecule has 3 heteroatoms. The van der Waals surface area contributed by atoms with Gasteiger partial charge in [0.25, 0.3) is 0 Å². The van der Waals surface area contributed by atoms with E-state index in [1.165, 1.54) is 0 Å². The Bertz CT molecular complexity index is 275. The highest BCUT2D eigenvalue weighted by atomic mass is 79.9. The number of hydrogen-bond donors (Lipinski definition) is 1. The summed E-state index contributed by atoms with van der Waals surface area (Å²) in [6, 6.07) is 1.93. The first kappa shape index (κ1) is 7.54. The van der Waals surface area contributed by atoms with E-state index >= 15 is 0 Å². The van der Waals surface area contributed by atoms with Crippen molar-refractivity contribution in [2.45, 2.75) is 6.92 Å². The van der Waals surface area contributed by atoms with Crippen LogP contribution in [0.1, 0.15) is 5.56 Å². The fourth-order valence-corrected chi connectivity index (χ4v) is 1.49. The Labute approximate surface area is 68.1 Å². The van der Waals surface area contributed by atoms with Crippen LogP contribution in [0.5, 0.6) is 0 Å². The minimum absolute atomic E-state index is 0.559. The summed E-state index contributed by atoms with van der Waals surface area (Å²) in [5.74, 6) is 0. The number of rotatable bonds is 0. The first-order valence-electron chi connectivity index (χ1n) is 2.98. The molecule has 10 heavy (non-hydrogen) atoms. The third-order valence-electron chi connectivity index (χ3n) is 1.40. The second kappa shape index (κ2) is 2.58. The number of nitrogens with one attached hydrogen (secondary N) is 1. The van der Waals surface area contributed by atoms with Crippen LogP contribution in [-0.4, -0.2) is 4.57 Å². The van der Waals surface area contributed by atoms with Crippen molar-refractivity contribution in [1.82, 2.24) is 4.57 Å². The maximum atomic E-state index is 7.48. The van der Waals surface area contributed by atoms with Gasteiger partial charge >= 0.3 is 0 Å². The second-order valence-electron chi connectivity index (χ2n) is 2.30. The van der Waals surface area contributed by atoms with Crippen molar-refractivity contribution >= 4 is 15.9 Å². The van der Waals surface area contributed by atoms with Gasteiger partial charge in [0.05, 0.1) is 0 Å². The van der Waals surface area contributed by atoms with Gasteiger partial charge in [-0.2, -0.15) is 0 Å². The van der Waals surface area contributed by atoms with E-state index in [2.05, 4.69) is 15.9 Å². The smallest absolute Gasteiger partial charge is 0.127 e. The molecular weight excluding hydrogens is 192 g/mol. The quantitative estimate of drug-likeness (QED) is 0.660. The van der Waals surface area contributed by atoms with Crippen molar-refractivity contribution in [3.05, 3.63) is 27.8 Å². The Balaban J connectivity index is 3.46. The van der Waals surface area contributed by atoms with Crippen molar-refractivity contribution in [2.24, 2.45) is 7.05 Å². The van der Waals surface area contributed by atoms with Gasteiger partial charge < -0.3 is 4.57 Å². The van der Waals surface area contributed by atoms with Gasteiger partial charge in [-0.3, -0.25) is 5.41 Å². The van der Waals surface area contributed by atoms with Gasteiger partial charge in [0.15, 0.2) is 0 Å². The third-order valence-corrected chi connectivity index (χ3v) is 1.83. The summed E-state index contributed by atoms with van der Waals surface area (Å²) in [4.78, 5) is 0. The monoisotopic (exact) mass is 200 g/mol. The minimum Gasteiger partial charge on any atom is -0.335 e. The van der Waals surface area contributed by atoms with Gasteiger partial charge in [0, 0.05) is 17.7 Å². The van der Waals surface area contributed by atoms with Crippen molar-refractivity contribution < 1.29 is 0 Å². The molecule has 0 aromatic carbocycles. The van der Waals surface area contributed by atoms with Crippen molar-refractivity contribution in [3.63, 3.8) is 0 Å². The number of aromatic nitrogens is 1. The van der Waals surface area contributed by atoms with Gasteiger partial charge in [-0.15, -0.1) is 0 Å². The molecule has 1 aromatic heterocycles. The van der Waals surface area contributed by atoms with Gasteiger partial charge in [-0.05, 0) is 34.5 Å². The normalized spacial score (nSPS) is 9.90. The van der Waals surface area contributed by atoms with Crippen molar-refractivity contribution in [1.29, 1.82) is 5.41 Å². The van der Waals surface area contributed by atoms with Crippen LogP contribution in [0.25, 0.3) is 0 Å². The Morgan fingerprint density at radius 3 is 2.70 bits per heavy atom. The summed E-state index contributed by atoms with van der Waals surface area (Å²) in [7, 11) is 1.86. The van der Waals surface area contributed by atoms with Crippen LogP contribution in [0.2, 0.25) is 0 Å². The molecular formula is C7H9BrN2. The first-order valence-corrected chi connectivity index (χ1v) is 3.78. The average molecular weight is 201 g/mol. The molecule has 1 heterocycles. The number of pyridine rings is 1. The maximum Gasteiger partial charge on any atom is 0.127 e. The van der Waals surface area contributed by atoms with Crippen molar-refractivity contribution in [2.75, 3.05) is 0 Å². The SMILES string of the molecule is Cc1cc(Br)cn(C)c1=N. The molecule has 0 atom stereocenters. The van der Waals surface area contributed by atoms with Gasteiger partial charge in [0.1, 0.15) is 5.49 Å². The third kappa shape index (κ3) is 1.29. The largest absolute Gasteiger partial charge is 0.335 e. The van der Waals surface area contributed by atoms with Crippen LogP contribution in [0.3, 0.4) is 0 Å². The van der Waals surface area contributed by atoms with E-state index in [4.69, 9.17) is 5.41 Å². The fourth-order valence-electron chi connectivity index (χ4n) is 0.840. The van der Waals surface area contributed by atoms with Crippen LogP contribution in [0.4, 0.5) is 0 Å². The zero-order valence-electron chi connectivity index (χ0n) is 5.98. The maximum absolute atomic E-state index is 7.48. The fraction of sp³-hybridized carbons (Fsp3) is 0.286. The van der Waals surface area contributed by atoms with Gasteiger partial charge in [-0.1, -0.05) is 0 Å². The van der Waals surface area contributed by atoms with Crippen LogP contribution < -0.4 is 5.49 Å². The molecule has 0 aliphatic carbocycles.